The predicted octanol–water partition coefficient (Wildman–Crippen LogP) is 5.34. The molecule has 1 amide bonds. The third-order valence-electron chi connectivity index (χ3n) is 5.03. The number of halogens is 1. The van der Waals surface area contributed by atoms with Crippen LogP contribution in [0.15, 0.2) is 45.5 Å². The van der Waals surface area contributed by atoms with E-state index in [2.05, 4.69) is 21.2 Å². The lowest BCUT2D eigenvalue weighted by atomic mass is 10.2. The molecule has 0 aliphatic heterocycles. The van der Waals surface area contributed by atoms with Crippen molar-refractivity contribution in [2.45, 2.75) is 33.2 Å². The number of ether oxygens (including phenoxy) is 1. The standard InChI is InChI=1S/C22H21BrN4O4/c1-4-12(3)27-19(26-21(28)15-10-11-16(23)31-15)17(22(29)30-5-2)18-20(27)25-14-9-7-6-8-13(14)24-18/h6-12H,4-5H2,1-3H3,(H,26,28). The summed E-state index contributed by atoms with van der Waals surface area (Å²) in [7, 11) is 0. The topological polar surface area (TPSA) is 99.2 Å². The number of para-hydroxylation sites is 2. The summed E-state index contributed by atoms with van der Waals surface area (Å²) in [5.74, 6) is -0.674. The smallest absolute Gasteiger partial charge is 0.344 e. The van der Waals surface area contributed by atoms with Gasteiger partial charge in [0.25, 0.3) is 5.91 Å². The molecule has 0 bridgehead atoms. The van der Waals surface area contributed by atoms with Crippen LogP contribution in [0.1, 0.15) is 54.1 Å². The van der Waals surface area contributed by atoms with Crippen molar-refractivity contribution in [2.24, 2.45) is 0 Å². The second-order valence-electron chi connectivity index (χ2n) is 7.01. The van der Waals surface area contributed by atoms with Crippen LogP contribution < -0.4 is 5.32 Å². The van der Waals surface area contributed by atoms with Gasteiger partial charge < -0.3 is 19.0 Å². The average Bonchev–Trinajstić information content (AvgIpc) is 3.32. The molecule has 0 saturated carbocycles. The molecule has 31 heavy (non-hydrogen) atoms. The number of anilines is 1. The molecule has 1 aromatic carbocycles. The molecule has 0 radical (unpaired) electrons. The molecule has 160 valence electrons. The van der Waals surface area contributed by atoms with Gasteiger partial charge in [-0.2, -0.15) is 0 Å². The molecule has 0 saturated heterocycles. The van der Waals surface area contributed by atoms with Crippen molar-refractivity contribution in [1.29, 1.82) is 0 Å². The number of hydrogen-bond acceptors (Lipinski definition) is 6. The Kier molecular flexibility index (Phi) is 5.77. The molecule has 9 heteroatoms. The van der Waals surface area contributed by atoms with E-state index in [0.717, 1.165) is 6.42 Å². The maximum atomic E-state index is 13.0. The molecule has 3 aromatic heterocycles. The predicted molar refractivity (Wildman–Crippen MR) is 120 cm³/mol. The molecule has 4 rings (SSSR count). The third-order valence-corrected chi connectivity index (χ3v) is 5.46. The van der Waals surface area contributed by atoms with Gasteiger partial charge in [0.05, 0.1) is 17.6 Å². The Morgan fingerprint density at radius 3 is 2.48 bits per heavy atom. The Balaban J connectivity index is 2.00. The summed E-state index contributed by atoms with van der Waals surface area (Å²) in [4.78, 5) is 35.3. The van der Waals surface area contributed by atoms with Crippen LogP contribution in [-0.2, 0) is 4.74 Å². The molecule has 3 heterocycles. The molecule has 0 aliphatic rings. The Hall–Kier alpha value is -3.20. The fraction of sp³-hybridized carbons (Fsp3) is 0.273. The highest BCUT2D eigenvalue weighted by molar-refractivity contribution is 9.10. The first kappa shape index (κ1) is 21.0. The van der Waals surface area contributed by atoms with E-state index in [9.17, 15) is 9.59 Å². The van der Waals surface area contributed by atoms with Gasteiger partial charge in [-0.05, 0) is 60.5 Å². The summed E-state index contributed by atoms with van der Waals surface area (Å²) >= 11 is 3.20. The lowest BCUT2D eigenvalue weighted by Crippen LogP contribution is -2.19. The minimum absolute atomic E-state index is 0.0697. The normalized spacial score (nSPS) is 12.3. The number of aromatic nitrogens is 3. The number of fused-ring (bicyclic) bond motifs is 2. The second-order valence-corrected chi connectivity index (χ2v) is 7.80. The van der Waals surface area contributed by atoms with Gasteiger partial charge in [0.1, 0.15) is 16.9 Å². The van der Waals surface area contributed by atoms with E-state index < -0.39 is 11.9 Å². The number of carbonyl (C=O) groups is 2. The third kappa shape index (κ3) is 3.81. The molecular weight excluding hydrogens is 464 g/mol. The Labute approximate surface area is 186 Å². The van der Waals surface area contributed by atoms with Crippen molar-refractivity contribution >= 4 is 55.8 Å². The molecular formula is C22H21BrN4O4. The van der Waals surface area contributed by atoms with Gasteiger partial charge in [-0.1, -0.05) is 19.1 Å². The summed E-state index contributed by atoms with van der Waals surface area (Å²) in [5, 5.41) is 2.84. The summed E-state index contributed by atoms with van der Waals surface area (Å²) < 4.78 is 12.9. The van der Waals surface area contributed by atoms with Gasteiger partial charge in [0.15, 0.2) is 16.1 Å². The van der Waals surface area contributed by atoms with E-state index in [1.54, 1.807) is 19.1 Å². The average molecular weight is 485 g/mol. The van der Waals surface area contributed by atoms with Crippen molar-refractivity contribution in [2.75, 3.05) is 11.9 Å². The number of hydrogen-bond donors (Lipinski definition) is 1. The highest BCUT2D eigenvalue weighted by atomic mass is 79.9. The van der Waals surface area contributed by atoms with E-state index in [1.165, 1.54) is 0 Å². The van der Waals surface area contributed by atoms with Crippen LogP contribution in [0, 0.1) is 0 Å². The van der Waals surface area contributed by atoms with Gasteiger partial charge in [0, 0.05) is 6.04 Å². The quantitative estimate of drug-likeness (QED) is 0.370. The van der Waals surface area contributed by atoms with Crippen molar-refractivity contribution < 1.29 is 18.7 Å². The minimum atomic E-state index is -0.574. The molecule has 0 fully saturated rings. The maximum absolute atomic E-state index is 13.0. The fourth-order valence-corrected chi connectivity index (χ4v) is 3.71. The highest BCUT2D eigenvalue weighted by Crippen LogP contribution is 2.34. The number of nitrogens with one attached hydrogen (secondary N) is 1. The number of benzene rings is 1. The molecule has 4 aromatic rings. The molecule has 1 unspecified atom stereocenters. The summed E-state index contributed by atoms with van der Waals surface area (Å²) in [6, 6.07) is 10.5. The zero-order valence-electron chi connectivity index (χ0n) is 17.3. The molecule has 1 atom stereocenters. The zero-order chi connectivity index (χ0) is 22.1. The van der Waals surface area contributed by atoms with Crippen molar-refractivity contribution in [3.05, 3.63) is 52.4 Å². The van der Waals surface area contributed by atoms with Crippen LogP contribution in [0.5, 0.6) is 0 Å². The number of esters is 1. The van der Waals surface area contributed by atoms with E-state index in [1.807, 2.05) is 42.7 Å². The summed E-state index contributed by atoms with van der Waals surface area (Å²) in [6.07, 6.45) is 0.746. The highest BCUT2D eigenvalue weighted by Gasteiger charge is 2.30. The van der Waals surface area contributed by atoms with E-state index in [4.69, 9.17) is 19.1 Å². The van der Waals surface area contributed by atoms with Crippen LogP contribution in [0.3, 0.4) is 0 Å². The number of furan rings is 1. The summed E-state index contributed by atoms with van der Waals surface area (Å²) in [6.45, 7) is 5.93. The zero-order valence-corrected chi connectivity index (χ0v) is 18.9. The summed E-state index contributed by atoms with van der Waals surface area (Å²) in [5.41, 5.74) is 2.41. The molecule has 1 N–H and O–H groups in total. The number of carbonyl (C=O) groups excluding carboxylic acids is 2. The Bertz CT molecular complexity index is 1290. The largest absolute Gasteiger partial charge is 0.462 e. The van der Waals surface area contributed by atoms with Crippen LogP contribution in [-0.4, -0.2) is 33.0 Å². The molecule has 0 spiro atoms. The first-order valence-electron chi connectivity index (χ1n) is 9.99. The van der Waals surface area contributed by atoms with Crippen LogP contribution in [0.25, 0.3) is 22.2 Å². The molecule has 8 nitrogen and oxygen atoms in total. The SMILES string of the molecule is CCOC(=O)c1c(NC(=O)c2ccc(Br)o2)n(C(C)CC)c2nc3ccccc3nc12. The lowest BCUT2D eigenvalue weighted by molar-refractivity contribution is 0.0529. The van der Waals surface area contributed by atoms with Crippen molar-refractivity contribution in [3.63, 3.8) is 0 Å². The first-order chi connectivity index (χ1) is 14.9. The van der Waals surface area contributed by atoms with E-state index >= 15 is 0 Å². The van der Waals surface area contributed by atoms with Crippen LogP contribution in [0.4, 0.5) is 5.82 Å². The van der Waals surface area contributed by atoms with E-state index in [-0.39, 0.29) is 29.8 Å². The monoisotopic (exact) mass is 484 g/mol. The fourth-order valence-electron chi connectivity index (χ4n) is 3.40. The number of amides is 1. The first-order valence-corrected chi connectivity index (χ1v) is 10.8. The Morgan fingerprint density at radius 2 is 1.87 bits per heavy atom. The lowest BCUT2D eigenvalue weighted by Gasteiger charge is -2.17. The van der Waals surface area contributed by atoms with Crippen molar-refractivity contribution in [3.8, 4) is 0 Å². The van der Waals surface area contributed by atoms with Gasteiger partial charge in [-0.15, -0.1) is 0 Å². The second kappa shape index (κ2) is 8.50. The number of rotatable bonds is 6. The van der Waals surface area contributed by atoms with Gasteiger partial charge in [-0.3, -0.25) is 4.79 Å². The Morgan fingerprint density at radius 1 is 1.16 bits per heavy atom. The van der Waals surface area contributed by atoms with Gasteiger partial charge in [-0.25, -0.2) is 14.8 Å². The molecule has 0 aliphatic carbocycles. The van der Waals surface area contributed by atoms with E-state index in [0.29, 0.717) is 26.9 Å². The van der Waals surface area contributed by atoms with Crippen LogP contribution in [0.2, 0.25) is 0 Å². The van der Waals surface area contributed by atoms with Crippen LogP contribution >= 0.6 is 15.9 Å². The van der Waals surface area contributed by atoms with Crippen molar-refractivity contribution in [1.82, 2.24) is 14.5 Å². The van der Waals surface area contributed by atoms with Gasteiger partial charge >= 0.3 is 5.97 Å². The van der Waals surface area contributed by atoms with Gasteiger partial charge in [0.2, 0.25) is 0 Å². The number of nitrogens with zero attached hydrogens (tertiary/aromatic N) is 3. The maximum Gasteiger partial charge on any atom is 0.344 e. The minimum Gasteiger partial charge on any atom is -0.462 e.